The number of hydrogen-bond donors (Lipinski definition) is 1. The quantitative estimate of drug-likeness (QED) is 0.814. The van der Waals surface area contributed by atoms with Gasteiger partial charge in [0.25, 0.3) is 0 Å². The number of rotatable bonds is 3. The van der Waals surface area contributed by atoms with Gasteiger partial charge in [-0.05, 0) is 11.1 Å². The molecular formula is C12H17NO2. The molecule has 1 aliphatic heterocycles. The number of ether oxygens (including phenoxy) is 2. The minimum absolute atomic E-state index is 0.171. The molecule has 1 aliphatic rings. The molecule has 82 valence electrons. The maximum atomic E-state index is 5.73. The zero-order chi connectivity index (χ0) is 10.5. The van der Waals surface area contributed by atoms with Crippen LogP contribution in [0.4, 0.5) is 0 Å². The van der Waals surface area contributed by atoms with Crippen LogP contribution in [0.2, 0.25) is 0 Å². The van der Waals surface area contributed by atoms with Gasteiger partial charge in [-0.25, -0.2) is 0 Å². The Hall–Kier alpha value is -0.900. The third kappa shape index (κ3) is 2.56. The molecule has 1 heterocycles. The molecule has 0 bridgehead atoms. The van der Waals surface area contributed by atoms with E-state index >= 15 is 0 Å². The van der Waals surface area contributed by atoms with E-state index < -0.39 is 0 Å². The van der Waals surface area contributed by atoms with Gasteiger partial charge in [-0.2, -0.15) is 0 Å². The van der Waals surface area contributed by atoms with E-state index in [1.165, 1.54) is 11.1 Å². The SMILES string of the molecule is COCc1ccccc1C1CNCCO1. The molecule has 1 fully saturated rings. The van der Waals surface area contributed by atoms with Crippen molar-refractivity contribution in [1.29, 1.82) is 0 Å². The highest BCUT2D eigenvalue weighted by molar-refractivity contribution is 5.29. The summed E-state index contributed by atoms with van der Waals surface area (Å²) in [5.74, 6) is 0. The zero-order valence-electron chi connectivity index (χ0n) is 9.03. The van der Waals surface area contributed by atoms with E-state index in [0.717, 1.165) is 19.7 Å². The molecule has 0 spiro atoms. The third-order valence-electron chi connectivity index (χ3n) is 2.63. The molecule has 3 nitrogen and oxygen atoms in total. The minimum Gasteiger partial charge on any atom is -0.380 e. The second-order valence-electron chi connectivity index (χ2n) is 3.70. The Labute approximate surface area is 90.4 Å². The smallest absolute Gasteiger partial charge is 0.0953 e. The average Bonchev–Trinajstić information content (AvgIpc) is 2.31. The molecular weight excluding hydrogens is 190 g/mol. The molecule has 1 N–H and O–H groups in total. The van der Waals surface area contributed by atoms with Gasteiger partial charge in [0.05, 0.1) is 19.3 Å². The highest BCUT2D eigenvalue weighted by Gasteiger charge is 2.17. The second kappa shape index (κ2) is 5.26. The van der Waals surface area contributed by atoms with E-state index in [-0.39, 0.29) is 6.10 Å². The van der Waals surface area contributed by atoms with Gasteiger partial charge in [-0.15, -0.1) is 0 Å². The first kappa shape index (κ1) is 10.6. The summed E-state index contributed by atoms with van der Waals surface area (Å²) in [4.78, 5) is 0. The van der Waals surface area contributed by atoms with Crippen molar-refractivity contribution in [3.63, 3.8) is 0 Å². The topological polar surface area (TPSA) is 30.5 Å². The van der Waals surface area contributed by atoms with E-state index in [9.17, 15) is 0 Å². The van der Waals surface area contributed by atoms with Crippen LogP contribution in [-0.4, -0.2) is 26.8 Å². The lowest BCUT2D eigenvalue weighted by atomic mass is 10.0. The van der Waals surface area contributed by atoms with Crippen LogP contribution >= 0.6 is 0 Å². The van der Waals surface area contributed by atoms with E-state index in [2.05, 4.69) is 17.4 Å². The van der Waals surface area contributed by atoms with Crippen LogP contribution < -0.4 is 5.32 Å². The number of methoxy groups -OCH3 is 1. The first-order valence-corrected chi connectivity index (χ1v) is 5.31. The molecule has 1 aromatic rings. The highest BCUT2D eigenvalue weighted by Crippen LogP contribution is 2.22. The Morgan fingerprint density at radius 2 is 2.33 bits per heavy atom. The first-order chi connectivity index (χ1) is 7.42. The predicted octanol–water partition coefficient (Wildman–Crippen LogP) is 1.49. The van der Waals surface area contributed by atoms with Crippen molar-refractivity contribution in [2.75, 3.05) is 26.8 Å². The van der Waals surface area contributed by atoms with E-state index in [1.807, 2.05) is 12.1 Å². The van der Waals surface area contributed by atoms with E-state index in [1.54, 1.807) is 7.11 Å². The standard InChI is InChI=1S/C12H17NO2/c1-14-9-10-4-2-3-5-11(10)12-8-13-6-7-15-12/h2-5,12-13H,6-9H2,1H3. The lowest BCUT2D eigenvalue weighted by molar-refractivity contribution is 0.0261. The number of benzene rings is 1. The monoisotopic (exact) mass is 207 g/mol. The molecule has 0 radical (unpaired) electrons. The summed E-state index contributed by atoms with van der Waals surface area (Å²) in [6.07, 6.45) is 0.171. The van der Waals surface area contributed by atoms with Crippen molar-refractivity contribution in [2.24, 2.45) is 0 Å². The third-order valence-corrected chi connectivity index (χ3v) is 2.63. The molecule has 1 unspecified atom stereocenters. The largest absolute Gasteiger partial charge is 0.380 e. The maximum absolute atomic E-state index is 5.73. The lowest BCUT2D eigenvalue weighted by Gasteiger charge is -2.25. The summed E-state index contributed by atoms with van der Waals surface area (Å²) in [5, 5.41) is 3.34. The maximum Gasteiger partial charge on any atom is 0.0953 e. The van der Waals surface area contributed by atoms with Crippen LogP contribution in [0.15, 0.2) is 24.3 Å². The summed E-state index contributed by atoms with van der Waals surface area (Å²) in [6, 6.07) is 8.30. The van der Waals surface area contributed by atoms with Crippen molar-refractivity contribution >= 4 is 0 Å². The van der Waals surface area contributed by atoms with Crippen molar-refractivity contribution < 1.29 is 9.47 Å². The first-order valence-electron chi connectivity index (χ1n) is 5.31. The zero-order valence-corrected chi connectivity index (χ0v) is 9.03. The molecule has 0 amide bonds. The Kier molecular flexibility index (Phi) is 3.72. The molecule has 1 saturated heterocycles. The highest BCUT2D eigenvalue weighted by atomic mass is 16.5. The van der Waals surface area contributed by atoms with E-state index in [0.29, 0.717) is 6.61 Å². The van der Waals surface area contributed by atoms with E-state index in [4.69, 9.17) is 9.47 Å². The Bertz CT molecular complexity index is 308. The second-order valence-corrected chi connectivity index (χ2v) is 3.70. The van der Waals surface area contributed by atoms with Crippen LogP contribution in [0.5, 0.6) is 0 Å². The van der Waals surface area contributed by atoms with Crippen LogP contribution in [0.1, 0.15) is 17.2 Å². The fraction of sp³-hybridized carbons (Fsp3) is 0.500. The normalized spacial score (nSPS) is 21.5. The van der Waals surface area contributed by atoms with Crippen molar-refractivity contribution in [3.05, 3.63) is 35.4 Å². The molecule has 0 aromatic heterocycles. The Morgan fingerprint density at radius 1 is 1.47 bits per heavy atom. The fourth-order valence-corrected chi connectivity index (χ4v) is 1.90. The van der Waals surface area contributed by atoms with Crippen molar-refractivity contribution in [1.82, 2.24) is 5.32 Å². The molecule has 3 heteroatoms. The van der Waals surface area contributed by atoms with Gasteiger partial charge in [-0.3, -0.25) is 0 Å². The van der Waals surface area contributed by atoms with Crippen LogP contribution in [0.25, 0.3) is 0 Å². The molecule has 0 saturated carbocycles. The summed E-state index contributed by atoms with van der Waals surface area (Å²) in [5.41, 5.74) is 2.46. The van der Waals surface area contributed by atoms with Crippen molar-refractivity contribution in [2.45, 2.75) is 12.7 Å². The van der Waals surface area contributed by atoms with Gasteiger partial charge in [0, 0.05) is 20.2 Å². The number of nitrogens with one attached hydrogen (secondary N) is 1. The number of morpholine rings is 1. The summed E-state index contributed by atoms with van der Waals surface area (Å²) < 4.78 is 10.9. The van der Waals surface area contributed by atoms with Crippen LogP contribution in [0, 0.1) is 0 Å². The summed E-state index contributed by atoms with van der Waals surface area (Å²) >= 11 is 0. The summed E-state index contributed by atoms with van der Waals surface area (Å²) in [6.45, 7) is 3.27. The van der Waals surface area contributed by atoms with Gasteiger partial charge in [0.2, 0.25) is 0 Å². The van der Waals surface area contributed by atoms with Crippen LogP contribution in [-0.2, 0) is 16.1 Å². The van der Waals surface area contributed by atoms with Gasteiger partial charge in [0.1, 0.15) is 0 Å². The molecule has 0 aliphatic carbocycles. The fourth-order valence-electron chi connectivity index (χ4n) is 1.90. The molecule has 1 aromatic carbocycles. The van der Waals surface area contributed by atoms with Gasteiger partial charge in [0.15, 0.2) is 0 Å². The summed E-state index contributed by atoms with van der Waals surface area (Å²) in [7, 11) is 1.72. The number of hydrogen-bond acceptors (Lipinski definition) is 3. The Morgan fingerprint density at radius 3 is 3.07 bits per heavy atom. The molecule has 1 atom stereocenters. The van der Waals surface area contributed by atoms with Crippen LogP contribution in [0.3, 0.4) is 0 Å². The van der Waals surface area contributed by atoms with Crippen molar-refractivity contribution in [3.8, 4) is 0 Å². The average molecular weight is 207 g/mol. The molecule has 15 heavy (non-hydrogen) atoms. The van der Waals surface area contributed by atoms with Gasteiger partial charge in [-0.1, -0.05) is 24.3 Å². The lowest BCUT2D eigenvalue weighted by Crippen LogP contribution is -2.33. The minimum atomic E-state index is 0.171. The van der Waals surface area contributed by atoms with Gasteiger partial charge < -0.3 is 14.8 Å². The predicted molar refractivity (Wildman–Crippen MR) is 58.7 cm³/mol. The Balaban J connectivity index is 2.17. The molecule has 2 rings (SSSR count). The van der Waals surface area contributed by atoms with Gasteiger partial charge >= 0.3 is 0 Å².